The van der Waals surface area contributed by atoms with Crippen LogP contribution in [0.2, 0.25) is 0 Å². The van der Waals surface area contributed by atoms with E-state index in [1.807, 2.05) is 0 Å². The number of rotatable bonds is 5. The third kappa shape index (κ3) is 7.14. The van der Waals surface area contributed by atoms with E-state index >= 15 is 0 Å². The van der Waals surface area contributed by atoms with Crippen molar-refractivity contribution < 1.29 is 35.9 Å². The fourth-order valence-electron chi connectivity index (χ4n) is 2.00. The van der Waals surface area contributed by atoms with Gasteiger partial charge >= 0.3 is 11.7 Å². The fourth-order valence-corrected chi connectivity index (χ4v) is 2.54. The van der Waals surface area contributed by atoms with Gasteiger partial charge in [-0.05, 0) is 60.3 Å². The first-order chi connectivity index (χ1) is 12.9. The molecule has 2 N–H and O–H groups in total. The number of amides is 2. The molecule has 0 fully saturated rings. The Morgan fingerprint density at radius 3 is 1.79 bits per heavy atom. The number of benzene rings is 2. The van der Waals surface area contributed by atoms with Gasteiger partial charge < -0.3 is 10.6 Å². The minimum atomic E-state index is -4.53. The minimum absolute atomic E-state index is 0.0317. The normalized spacial score (nSPS) is 11.8. The highest BCUT2D eigenvalue weighted by molar-refractivity contribution is 8.00. The lowest BCUT2D eigenvalue weighted by Crippen LogP contribution is -2.33. The molecule has 0 aliphatic carbocycles. The van der Waals surface area contributed by atoms with Crippen LogP contribution in [-0.4, -0.2) is 30.0 Å². The van der Waals surface area contributed by atoms with Crippen LogP contribution >= 0.6 is 11.8 Å². The molecule has 150 valence electrons. The number of nitrogens with one attached hydrogen (secondary N) is 2. The summed E-state index contributed by atoms with van der Waals surface area (Å²) in [5, 5.41) is 4.18. The first-order valence-corrected chi connectivity index (χ1v) is 8.37. The first kappa shape index (κ1) is 21.6. The highest BCUT2D eigenvalue weighted by atomic mass is 32.2. The zero-order valence-corrected chi connectivity index (χ0v) is 14.6. The molecule has 0 atom stereocenters. The van der Waals surface area contributed by atoms with Crippen LogP contribution in [0.5, 0.6) is 0 Å². The van der Waals surface area contributed by atoms with Gasteiger partial charge in [-0.3, -0.25) is 9.59 Å². The standard InChI is InChI=1S/C17H12F6N2O2S/c18-16(19,20)9-24-14(26)10-1-5-12(6-2-10)25-15(27)11-3-7-13(8-4-11)28-17(21,22)23/h1-8H,9H2,(H,24,26)(H,25,27). The lowest BCUT2D eigenvalue weighted by Gasteiger charge is -2.10. The van der Waals surface area contributed by atoms with Gasteiger partial charge in [0.05, 0.1) is 0 Å². The predicted molar refractivity (Wildman–Crippen MR) is 91.1 cm³/mol. The molecule has 28 heavy (non-hydrogen) atoms. The lowest BCUT2D eigenvalue weighted by molar-refractivity contribution is -0.123. The van der Waals surface area contributed by atoms with Crippen molar-refractivity contribution in [1.82, 2.24) is 5.32 Å². The summed E-state index contributed by atoms with van der Waals surface area (Å²) in [6, 6.07) is 9.84. The van der Waals surface area contributed by atoms with E-state index in [9.17, 15) is 35.9 Å². The van der Waals surface area contributed by atoms with E-state index in [-0.39, 0.29) is 33.5 Å². The highest BCUT2D eigenvalue weighted by Gasteiger charge is 2.29. The molecule has 0 saturated heterocycles. The Bertz CT molecular complexity index is 833. The molecule has 2 aromatic rings. The summed E-state index contributed by atoms with van der Waals surface area (Å²) in [6.07, 6.45) is -4.53. The fraction of sp³-hybridized carbons (Fsp3) is 0.176. The van der Waals surface area contributed by atoms with Crippen LogP contribution in [0.25, 0.3) is 0 Å². The topological polar surface area (TPSA) is 58.2 Å². The third-order valence-corrected chi connectivity index (χ3v) is 3.94. The molecule has 0 spiro atoms. The van der Waals surface area contributed by atoms with Crippen LogP contribution in [0.3, 0.4) is 0 Å². The van der Waals surface area contributed by atoms with Crippen molar-refractivity contribution in [3.63, 3.8) is 0 Å². The molecule has 0 bridgehead atoms. The predicted octanol–water partition coefficient (Wildman–Crippen LogP) is 4.84. The number of carbonyl (C=O) groups excluding carboxylic acids is 2. The Balaban J connectivity index is 1.96. The van der Waals surface area contributed by atoms with Gasteiger partial charge in [-0.2, -0.15) is 26.3 Å². The lowest BCUT2D eigenvalue weighted by atomic mass is 10.1. The molecule has 0 aromatic heterocycles. The number of halogens is 6. The molecule has 0 saturated carbocycles. The van der Waals surface area contributed by atoms with Crippen molar-refractivity contribution in [1.29, 1.82) is 0 Å². The van der Waals surface area contributed by atoms with Crippen molar-refractivity contribution in [2.75, 3.05) is 11.9 Å². The van der Waals surface area contributed by atoms with Crippen LogP contribution in [0.4, 0.5) is 32.0 Å². The Morgan fingerprint density at radius 1 is 0.786 bits per heavy atom. The first-order valence-electron chi connectivity index (χ1n) is 7.55. The number of anilines is 1. The van der Waals surface area contributed by atoms with E-state index in [1.165, 1.54) is 36.4 Å². The van der Waals surface area contributed by atoms with Crippen molar-refractivity contribution in [3.05, 3.63) is 59.7 Å². The summed E-state index contributed by atoms with van der Waals surface area (Å²) in [4.78, 5) is 23.6. The molecule has 0 aliphatic heterocycles. The Labute approximate surface area is 159 Å². The molecule has 0 unspecified atom stereocenters. The second-order valence-corrected chi connectivity index (χ2v) is 6.54. The Morgan fingerprint density at radius 2 is 1.29 bits per heavy atom. The number of thioether (sulfide) groups is 1. The van der Waals surface area contributed by atoms with Gasteiger partial charge in [-0.1, -0.05) is 0 Å². The largest absolute Gasteiger partial charge is 0.446 e. The van der Waals surface area contributed by atoms with E-state index in [4.69, 9.17) is 0 Å². The van der Waals surface area contributed by atoms with Gasteiger partial charge in [0, 0.05) is 21.7 Å². The maximum atomic E-state index is 12.3. The van der Waals surface area contributed by atoms with Crippen molar-refractivity contribution in [3.8, 4) is 0 Å². The molecular weight excluding hydrogens is 410 g/mol. The molecule has 0 heterocycles. The highest BCUT2D eigenvalue weighted by Crippen LogP contribution is 2.36. The average molecular weight is 422 g/mol. The van der Waals surface area contributed by atoms with Gasteiger partial charge in [-0.15, -0.1) is 0 Å². The van der Waals surface area contributed by atoms with Gasteiger partial charge in [0.2, 0.25) is 0 Å². The summed E-state index contributed by atoms with van der Waals surface area (Å²) in [6.45, 7) is -1.47. The van der Waals surface area contributed by atoms with E-state index in [1.54, 1.807) is 5.32 Å². The Kier molecular flexibility index (Phi) is 6.60. The minimum Gasteiger partial charge on any atom is -0.343 e. The zero-order chi connectivity index (χ0) is 20.9. The van der Waals surface area contributed by atoms with Crippen molar-refractivity contribution in [2.24, 2.45) is 0 Å². The van der Waals surface area contributed by atoms with E-state index in [0.717, 1.165) is 12.1 Å². The van der Waals surface area contributed by atoms with Crippen molar-refractivity contribution in [2.45, 2.75) is 16.6 Å². The maximum Gasteiger partial charge on any atom is 0.446 e. The number of alkyl halides is 6. The number of carbonyl (C=O) groups is 2. The Hall–Kier alpha value is -2.69. The second-order valence-electron chi connectivity index (χ2n) is 5.40. The van der Waals surface area contributed by atoms with Gasteiger partial charge in [0.15, 0.2) is 0 Å². The smallest absolute Gasteiger partial charge is 0.343 e. The summed E-state index contributed by atoms with van der Waals surface area (Å²) < 4.78 is 73.1. The summed E-state index contributed by atoms with van der Waals surface area (Å²) in [5.41, 5.74) is -4.10. The quantitative estimate of drug-likeness (QED) is 0.536. The third-order valence-electron chi connectivity index (χ3n) is 3.20. The van der Waals surface area contributed by atoms with E-state index < -0.39 is 30.0 Å². The van der Waals surface area contributed by atoms with Crippen molar-refractivity contribution >= 4 is 29.3 Å². The summed E-state index contributed by atoms with van der Waals surface area (Å²) >= 11 is -0.305. The number of hydrogen-bond acceptors (Lipinski definition) is 3. The van der Waals surface area contributed by atoms with E-state index in [2.05, 4.69) is 5.32 Å². The number of hydrogen-bond donors (Lipinski definition) is 2. The van der Waals surface area contributed by atoms with Crippen LogP contribution in [0.1, 0.15) is 20.7 Å². The molecule has 2 aromatic carbocycles. The molecule has 4 nitrogen and oxygen atoms in total. The zero-order valence-electron chi connectivity index (χ0n) is 13.8. The van der Waals surface area contributed by atoms with Gasteiger partial charge in [0.1, 0.15) is 6.54 Å². The van der Waals surface area contributed by atoms with E-state index in [0.29, 0.717) is 0 Å². The summed E-state index contributed by atoms with van der Waals surface area (Å²) in [5.74, 6) is -1.52. The van der Waals surface area contributed by atoms with Crippen LogP contribution in [-0.2, 0) is 0 Å². The molecule has 0 aliphatic rings. The van der Waals surface area contributed by atoms with Crippen LogP contribution in [0, 0.1) is 0 Å². The SMILES string of the molecule is O=C(NCC(F)(F)F)c1ccc(NC(=O)c2ccc(SC(F)(F)F)cc2)cc1. The van der Waals surface area contributed by atoms with Gasteiger partial charge in [-0.25, -0.2) is 0 Å². The average Bonchev–Trinajstić information content (AvgIpc) is 2.59. The van der Waals surface area contributed by atoms with Crippen LogP contribution < -0.4 is 10.6 Å². The molecule has 11 heteroatoms. The van der Waals surface area contributed by atoms with Gasteiger partial charge in [0.25, 0.3) is 11.8 Å². The summed E-state index contributed by atoms with van der Waals surface area (Å²) in [7, 11) is 0. The molecular formula is C17H12F6N2O2S. The molecule has 2 amide bonds. The molecule has 2 rings (SSSR count). The maximum absolute atomic E-state index is 12.3. The second kappa shape index (κ2) is 8.55. The van der Waals surface area contributed by atoms with Crippen LogP contribution in [0.15, 0.2) is 53.4 Å². The molecule has 0 radical (unpaired) electrons. The monoisotopic (exact) mass is 422 g/mol.